The number of anilines is 1. The smallest absolute Gasteiger partial charge is 0.248 e. The van der Waals surface area contributed by atoms with E-state index in [4.69, 9.17) is 23.4 Å². The second kappa shape index (κ2) is 10.3. The van der Waals surface area contributed by atoms with E-state index in [0.29, 0.717) is 28.5 Å². The van der Waals surface area contributed by atoms with Gasteiger partial charge in [-0.2, -0.15) is 0 Å². The summed E-state index contributed by atoms with van der Waals surface area (Å²) in [6.45, 7) is 1.86. The number of hydrogen-bond acceptors (Lipinski definition) is 6. The number of nitrogens with one attached hydrogen (secondary N) is 1. The Morgan fingerprint density at radius 2 is 1.60 bits per heavy atom. The molecule has 7 heteroatoms. The van der Waals surface area contributed by atoms with Gasteiger partial charge < -0.3 is 28.7 Å². The van der Waals surface area contributed by atoms with Crippen LogP contribution in [-0.4, -0.2) is 34.3 Å². The Balaban J connectivity index is 1.71. The predicted molar refractivity (Wildman–Crippen MR) is 137 cm³/mol. The van der Waals surface area contributed by atoms with E-state index in [2.05, 4.69) is 5.32 Å². The van der Waals surface area contributed by atoms with Gasteiger partial charge in [0.05, 0.1) is 40.4 Å². The molecule has 1 heterocycles. The Bertz CT molecular complexity index is 1400. The maximum atomic E-state index is 12.9. The Morgan fingerprint density at radius 1 is 0.857 bits per heavy atom. The van der Waals surface area contributed by atoms with Gasteiger partial charge in [-0.25, -0.2) is 0 Å². The number of ether oxygens (including phenoxy) is 4. The third-order valence-electron chi connectivity index (χ3n) is 5.71. The molecule has 0 saturated heterocycles. The Morgan fingerprint density at radius 3 is 2.31 bits per heavy atom. The summed E-state index contributed by atoms with van der Waals surface area (Å²) in [6.07, 6.45) is 3.23. The second-order valence-electron chi connectivity index (χ2n) is 7.81. The number of allylic oxidation sites excluding steroid dienone is 1. The molecule has 0 aliphatic heterocycles. The van der Waals surface area contributed by atoms with Crippen LogP contribution in [0, 0.1) is 0 Å². The summed E-state index contributed by atoms with van der Waals surface area (Å²) in [5.41, 5.74) is 4.57. The molecule has 0 saturated carbocycles. The molecule has 0 aliphatic rings. The number of benzene rings is 3. The summed E-state index contributed by atoms with van der Waals surface area (Å²) < 4.78 is 27.4. The van der Waals surface area contributed by atoms with Crippen LogP contribution in [0.3, 0.4) is 0 Å². The summed E-state index contributed by atoms with van der Waals surface area (Å²) >= 11 is 0. The molecule has 4 rings (SSSR count). The van der Waals surface area contributed by atoms with Crippen LogP contribution in [0.2, 0.25) is 0 Å². The first-order valence-corrected chi connectivity index (χ1v) is 10.9. The minimum Gasteiger partial charge on any atom is -0.497 e. The van der Waals surface area contributed by atoms with Gasteiger partial charge in [-0.1, -0.05) is 12.1 Å². The van der Waals surface area contributed by atoms with Crippen molar-refractivity contribution in [3.05, 3.63) is 72.5 Å². The third-order valence-corrected chi connectivity index (χ3v) is 5.71. The van der Waals surface area contributed by atoms with Crippen molar-refractivity contribution in [3.8, 4) is 34.1 Å². The number of furan rings is 1. The molecule has 1 aromatic heterocycles. The predicted octanol–water partition coefficient (Wildman–Crippen LogP) is 6.18. The van der Waals surface area contributed by atoms with Crippen LogP contribution in [0.5, 0.6) is 23.0 Å². The molecule has 0 aliphatic carbocycles. The van der Waals surface area contributed by atoms with Gasteiger partial charge >= 0.3 is 0 Å². The summed E-state index contributed by atoms with van der Waals surface area (Å²) in [5, 5.41) is 3.76. The van der Waals surface area contributed by atoms with E-state index in [9.17, 15) is 4.79 Å². The first kappa shape index (κ1) is 23.8. The standard InChI is InChI=1S/C28H27NO6/c1-17(11-28(30)29-24-13-20(32-3)9-10-25(24)33-4)21-14-22-23(16-35-27(22)15-26(21)34-5)18-7-6-8-19(12-18)31-2/h6-16H,1-5H3,(H,29,30)/b17-11+. The fraction of sp³-hybridized carbons (Fsp3) is 0.179. The van der Waals surface area contributed by atoms with Crippen molar-refractivity contribution in [3.63, 3.8) is 0 Å². The molecule has 1 N–H and O–H groups in total. The molecule has 0 unspecified atom stereocenters. The Hall–Kier alpha value is -4.39. The average Bonchev–Trinajstić information content (AvgIpc) is 3.30. The van der Waals surface area contributed by atoms with E-state index in [0.717, 1.165) is 33.4 Å². The normalized spacial score (nSPS) is 11.3. The minimum atomic E-state index is -0.309. The highest BCUT2D eigenvalue weighted by Gasteiger charge is 2.16. The van der Waals surface area contributed by atoms with Gasteiger partial charge in [0.25, 0.3) is 0 Å². The molecule has 0 bridgehead atoms. The van der Waals surface area contributed by atoms with E-state index in [1.165, 1.54) is 6.08 Å². The third kappa shape index (κ3) is 4.94. The number of amides is 1. The zero-order chi connectivity index (χ0) is 24.9. The van der Waals surface area contributed by atoms with Gasteiger partial charge in [0.15, 0.2) is 0 Å². The molecule has 7 nitrogen and oxygen atoms in total. The Labute approximate surface area is 203 Å². The van der Waals surface area contributed by atoms with E-state index < -0.39 is 0 Å². The molecule has 180 valence electrons. The molecule has 35 heavy (non-hydrogen) atoms. The van der Waals surface area contributed by atoms with Crippen molar-refractivity contribution in [1.29, 1.82) is 0 Å². The van der Waals surface area contributed by atoms with E-state index in [1.807, 2.05) is 43.3 Å². The summed E-state index contributed by atoms with van der Waals surface area (Å²) in [5.74, 6) is 2.19. The quantitative estimate of drug-likeness (QED) is 0.308. The molecule has 0 spiro atoms. The molecule has 3 aromatic carbocycles. The topological polar surface area (TPSA) is 79.2 Å². The van der Waals surface area contributed by atoms with Crippen molar-refractivity contribution in [1.82, 2.24) is 0 Å². The van der Waals surface area contributed by atoms with Crippen LogP contribution in [-0.2, 0) is 4.79 Å². The van der Waals surface area contributed by atoms with Crippen LogP contribution < -0.4 is 24.3 Å². The van der Waals surface area contributed by atoms with Gasteiger partial charge in [-0.05, 0) is 48.4 Å². The van der Waals surface area contributed by atoms with Crippen LogP contribution in [0.25, 0.3) is 27.7 Å². The highest BCUT2D eigenvalue weighted by atomic mass is 16.5. The summed E-state index contributed by atoms with van der Waals surface area (Å²) in [7, 11) is 6.33. The SMILES string of the molecule is COc1cccc(-c2coc3cc(OC)c(/C(C)=C/C(=O)Nc4cc(OC)ccc4OC)cc23)c1. The minimum absolute atomic E-state index is 0.309. The van der Waals surface area contributed by atoms with Crippen molar-refractivity contribution in [2.75, 3.05) is 33.8 Å². The zero-order valence-electron chi connectivity index (χ0n) is 20.3. The number of hydrogen-bond donors (Lipinski definition) is 1. The van der Waals surface area contributed by atoms with Gasteiger partial charge in [-0.15, -0.1) is 0 Å². The molecule has 0 radical (unpaired) electrons. The van der Waals surface area contributed by atoms with Gasteiger partial charge in [-0.3, -0.25) is 4.79 Å². The second-order valence-corrected chi connectivity index (χ2v) is 7.81. The van der Waals surface area contributed by atoms with Crippen molar-refractivity contribution in [2.24, 2.45) is 0 Å². The van der Waals surface area contributed by atoms with E-state index >= 15 is 0 Å². The molecule has 0 atom stereocenters. The van der Waals surface area contributed by atoms with E-state index in [1.54, 1.807) is 52.9 Å². The number of rotatable bonds is 8. The molecule has 0 fully saturated rings. The van der Waals surface area contributed by atoms with Gasteiger partial charge in [0.1, 0.15) is 28.6 Å². The first-order chi connectivity index (χ1) is 17.0. The fourth-order valence-corrected chi connectivity index (χ4v) is 3.90. The number of carbonyl (C=O) groups is 1. The number of fused-ring (bicyclic) bond motifs is 1. The summed E-state index contributed by atoms with van der Waals surface area (Å²) in [4.78, 5) is 12.9. The number of carbonyl (C=O) groups excluding carboxylic acids is 1. The van der Waals surface area contributed by atoms with Crippen molar-refractivity contribution < 1.29 is 28.2 Å². The molecule has 4 aromatic rings. The zero-order valence-corrected chi connectivity index (χ0v) is 20.3. The van der Waals surface area contributed by atoms with Crippen LogP contribution in [0.4, 0.5) is 5.69 Å². The van der Waals surface area contributed by atoms with Crippen LogP contribution in [0.15, 0.2) is 71.4 Å². The lowest BCUT2D eigenvalue weighted by Gasteiger charge is -2.12. The lowest BCUT2D eigenvalue weighted by atomic mass is 9.99. The molecular weight excluding hydrogens is 446 g/mol. The fourth-order valence-electron chi connectivity index (χ4n) is 3.90. The maximum Gasteiger partial charge on any atom is 0.248 e. The maximum absolute atomic E-state index is 12.9. The van der Waals surface area contributed by atoms with Gasteiger partial charge in [0.2, 0.25) is 5.91 Å². The average molecular weight is 474 g/mol. The summed E-state index contributed by atoms with van der Waals surface area (Å²) in [6, 6.07) is 16.8. The van der Waals surface area contributed by atoms with Crippen molar-refractivity contribution >= 4 is 28.1 Å². The highest BCUT2D eigenvalue weighted by molar-refractivity contribution is 6.06. The van der Waals surface area contributed by atoms with Crippen molar-refractivity contribution in [2.45, 2.75) is 6.92 Å². The lowest BCUT2D eigenvalue weighted by molar-refractivity contribution is -0.111. The van der Waals surface area contributed by atoms with Crippen LogP contribution in [0.1, 0.15) is 12.5 Å². The Kier molecular flexibility index (Phi) is 6.96. The molecule has 1 amide bonds. The largest absolute Gasteiger partial charge is 0.497 e. The molecular formula is C28H27NO6. The van der Waals surface area contributed by atoms with E-state index in [-0.39, 0.29) is 5.91 Å². The van der Waals surface area contributed by atoms with Gasteiger partial charge in [0, 0.05) is 34.7 Å². The first-order valence-electron chi connectivity index (χ1n) is 10.9. The highest BCUT2D eigenvalue weighted by Crippen LogP contribution is 2.38. The lowest BCUT2D eigenvalue weighted by Crippen LogP contribution is -2.10. The van der Waals surface area contributed by atoms with Crippen LogP contribution >= 0.6 is 0 Å². The monoisotopic (exact) mass is 473 g/mol. The number of methoxy groups -OCH3 is 4.